The van der Waals surface area contributed by atoms with Gasteiger partial charge in [0.2, 0.25) is 0 Å². The van der Waals surface area contributed by atoms with Gasteiger partial charge < -0.3 is 5.73 Å². The molecule has 1 aliphatic rings. The van der Waals surface area contributed by atoms with Crippen LogP contribution in [0.2, 0.25) is 0 Å². The molecule has 0 amide bonds. The summed E-state index contributed by atoms with van der Waals surface area (Å²) in [6.07, 6.45) is 6.35. The maximum absolute atomic E-state index is 5.95. The van der Waals surface area contributed by atoms with Crippen molar-refractivity contribution >= 4 is 0 Å². The molecule has 0 bridgehead atoms. The minimum Gasteiger partial charge on any atom is -0.328 e. The van der Waals surface area contributed by atoms with Crippen LogP contribution in [-0.2, 0) is 6.54 Å². The molecule has 1 aromatic heterocycles. The van der Waals surface area contributed by atoms with Crippen LogP contribution in [0.25, 0.3) is 0 Å². The van der Waals surface area contributed by atoms with E-state index in [4.69, 9.17) is 5.73 Å². The van der Waals surface area contributed by atoms with E-state index in [0.717, 1.165) is 25.2 Å². The Balaban J connectivity index is 1.94. The van der Waals surface area contributed by atoms with Crippen molar-refractivity contribution in [1.29, 1.82) is 0 Å². The van der Waals surface area contributed by atoms with Gasteiger partial charge in [-0.3, -0.25) is 4.90 Å². The molecule has 0 aliphatic heterocycles. The van der Waals surface area contributed by atoms with E-state index in [-0.39, 0.29) is 0 Å². The molecular weight excluding hydrogens is 226 g/mol. The van der Waals surface area contributed by atoms with Crippen molar-refractivity contribution in [2.45, 2.75) is 64.2 Å². The Hall–Kier alpha value is -0.940. The monoisotopic (exact) mass is 251 g/mol. The zero-order valence-corrected chi connectivity index (χ0v) is 11.7. The first-order chi connectivity index (χ1) is 8.58. The van der Waals surface area contributed by atoms with Gasteiger partial charge in [-0.2, -0.15) is 5.10 Å². The van der Waals surface area contributed by atoms with E-state index in [1.807, 2.05) is 4.68 Å². The van der Waals surface area contributed by atoms with E-state index in [1.54, 1.807) is 6.33 Å². The van der Waals surface area contributed by atoms with E-state index in [9.17, 15) is 0 Å². The van der Waals surface area contributed by atoms with Crippen molar-refractivity contribution in [2.75, 3.05) is 7.05 Å². The number of hydrogen-bond acceptors (Lipinski definition) is 4. The fraction of sp³-hybridized carbons (Fsp3) is 0.846. The van der Waals surface area contributed by atoms with Crippen LogP contribution in [-0.4, -0.2) is 38.8 Å². The molecular formula is C13H25N5. The molecule has 18 heavy (non-hydrogen) atoms. The van der Waals surface area contributed by atoms with Crippen molar-refractivity contribution in [3.63, 3.8) is 0 Å². The molecule has 102 valence electrons. The van der Waals surface area contributed by atoms with Gasteiger partial charge in [-0.05, 0) is 46.6 Å². The lowest BCUT2D eigenvalue weighted by Crippen LogP contribution is -2.38. The summed E-state index contributed by atoms with van der Waals surface area (Å²) >= 11 is 0. The summed E-state index contributed by atoms with van der Waals surface area (Å²) in [6, 6.07) is 1.42. The van der Waals surface area contributed by atoms with Gasteiger partial charge in [0, 0.05) is 18.1 Å². The first-order valence-electron chi connectivity index (χ1n) is 6.92. The summed E-state index contributed by atoms with van der Waals surface area (Å²) in [5.74, 6) is 1.06. The number of aromatic nitrogens is 3. The molecule has 0 saturated heterocycles. The van der Waals surface area contributed by atoms with Gasteiger partial charge in [-0.1, -0.05) is 0 Å². The Kier molecular flexibility index (Phi) is 4.35. The molecule has 0 unspecified atom stereocenters. The van der Waals surface area contributed by atoms with Gasteiger partial charge in [-0.15, -0.1) is 0 Å². The Labute approximate surface area is 109 Å². The van der Waals surface area contributed by atoms with Crippen LogP contribution in [0.1, 0.15) is 51.4 Å². The van der Waals surface area contributed by atoms with Crippen molar-refractivity contribution < 1.29 is 0 Å². The SMILES string of the molecule is CC(C)n1ncnc1CN(C)C1CCC(N)CC1. The van der Waals surface area contributed by atoms with Crippen molar-refractivity contribution in [3.8, 4) is 0 Å². The molecule has 1 aromatic rings. The highest BCUT2D eigenvalue weighted by Crippen LogP contribution is 2.22. The zero-order chi connectivity index (χ0) is 13.1. The molecule has 2 rings (SSSR count). The highest BCUT2D eigenvalue weighted by atomic mass is 15.4. The minimum absolute atomic E-state index is 0.371. The lowest BCUT2D eigenvalue weighted by atomic mass is 9.91. The van der Waals surface area contributed by atoms with Gasteiger partial charge in [0.1, 0.15) is 12.2 Å². The van der Waals surface area contributed by atoms with Crippen LogP contribution in [0.15, 0.2) is 6.33 Å². The van der Waals surface area contributed by atoms with E-state index in [0.29, 0.717) is 18.1 Å². The maximum atomic E-state index is 5.95. The Bertz CT molecular complexity index is 365. The van der Waals surface area contributed by atoms with E-state index >= 15 is 0 Å². The molecule has 0 atom stereocenters. The van der Waals surface area contributed by atoms with Crippen LogP contribution >= 0.6 is 0 Å². The molecule has 1 fully saturated rings. The van der Waals surface area contributed by atoms with Gasteiger partial charge in [0.05, 0.1) is 6.54 Å². The molecule has 1 heterocycles. The third-order valence-electron chi connectivity index (χ3n) is 3.89. The lowest BCUT2D eigenvalue weighted by molar-refractivity contribution is 0.169. The molecule has 1 saturated carbocycles. The lowest BCUT2D eigenvalue weighted by Gasteiger charge is -2.33. The predicted molar refractivity (Wildman–Crippen MR) is 72.1 cm³/mol. The molecule has 0 radical (unpaired) electrons. The standard InChI is InChI=1S/C13H25N5/c1-10(2)18-13(15-9-16-18)8-17(3)12-6-4-11(14)5-7-12/h9-12H,4-8,14H2,1-3H3. The van der Waals surface area contributed by atoms with Gasteiger partial charge in [0.15, 0.2) is 0 Å². The molecule has 5 heteroatoms. The summed E-state index contributed by atoms with van der Waals surface area (Å²) < 4.78 is 2.01. The molecule has 1 aliphatic carbocycles. The largest absolute Gasteiger partial charge is 0.328 e. The van der Waals surface area contributed by atoms with Gasteiger partial charge >= 0.3 is 0 Å². The second-order valence-electron chi connectivity index (χ2n) is 5.70. The van der Waals surface area contributed by atoms with Gasteiger partial charge in [-0.25, -0.2) is 9.67 Å². The van der Waals surface area contributed by atoms with Crippen LogP contribution in [0.3, 0.4) is 0 Å². The average Bonchev–Trinajstić information content (AvgIpc) is 2.78. The van der Waals surface area contributed by atoms with Gasteiger partial charge in [0.25, 0.3) is 0 Å². The Morgan fingerprint density at radius 3 is 2.67 bits per heavy atom. The Morgan fingerprint density at radius 1 is 1.39 bits per heavy atom. The molecule has 0 spiro atoms. The highest BCUT2D eigenvalue weighted by molar-refractivity contribution is 4.89. The first-order valence-corrected chi connectivity index (χ1v) is 6.92. The van der Waals surface area contributed by atoms with Crippen LogP contribution in [0.4, 0.5) is 0 Å². The number of nitrogens with zero attached hydrogens (tertiary/aromatic N) is 4. The number of hydrogen-bond donors (Lipinski definition) is 1. The molecule has 2 N–H and O–H groups in total. The summed E-state index contributed by atoms with van der Waals surface area (Å²) in [6.45, 7) is 5.15. The average molecular weight is 251 g/mol. The predicted octanol–water partition coefficient (Wildman–Crippen LogP) is 1.56. The summed E-state index contributed by atoms with van der Waals surface area (Å²) in [5.41, 5.74) is 5.95. The second-order valence-corrected chi connectivity index (χ2v) is 5.70. The Morgan fingerprint density at radius 2 is 2.06 bits per heavy atom. The number of nitrogens with two attached hydrogens (primary N) is 1. The van der Waals surface area contributed by atoms with Crippen molar-refractivity contribution in [3.05, 3.63) is 12.2 Å². The first kappa shape index (κ1) is 13.5. The minimum atomic E-state index is 0.371. The van der Waals surface area contributed by atoms with Crippen LogP contribution in [0, 0.1) is 0 Å². The maximum Gasteiger partial charge on any atom is 0.141 e. The third kappa shape index (κ3) is 3.09. The summed E-state index contributed by atoms with van der Waals surface area (Å²) in [7, 11) is 2.18. The molecule has 5 nitrogen and oxygen atoms in total. The molecule has 0 aromatic carbocycles. The topological polar surface area (TPSA) is 60.0 Å². The quantitative estimate of drug-likeness (QED) is 0.882. The van der Waals surface area contributed by atoms with E-state index in [1.165, 1.54) is 12.8 Å². The second kappa shape index (κ2) is 5.80. The number of rotatable bonds is 4. The third-order valence-corrected chi connectivity index (χ3v) is 3.89. The van der Waals surface area contributed by atoms with Crippen molar-refractivity contribution in [1.82, 2.24) is 19.7 Å². The summed E-state index contributed by atoms with van der Waals surface area (Å²) in [5, 5.41) is 4.28. The highest BCUT2D eigenvalue weighted by Gasteiger charge is 2.23. The summed E-state index contributed by atoms with van der Waals surface area (Å²) in [4.78, 5) is 6.77. The van der Waals surface area contributed by atoms with E-state index in [2.05, 4.69) is 35.9 Å². The van der Waals surface area contributed by atoms with Crippen LogP contribution < -0.4 is 5.73 Å². The van der Waals surface area contributed by atoms with Crippen molar-refractivity contribution in [2.24, 2.45) is 5.73 Å². The normalized spacial score (nSPS) is 25.0. The van der Waals surface area contributed by atoms with E-state index < -0.39 is 0 Å². The van der Waals surface area contributed by atoms with Crippen LogP contribution in [0.5, 0.6) is 0 Å². The fourth-order valence-electron chi connectivity index (χ4n) is 2.71. The fourth-order valence-corrected chi connectivity index (χ4v) is 2.71. The smallest absolute Gasteiger partial charge is 0.141 e. The zero-order valence-electron chi connectivity index (χ0n) is 11.7.